The molecule has 15 atom stereocenters. The first-order valence-corrected chi connectivity index (χ1v) is 15.3. The SMILES string of the molecule is COC(=O)CCCCCO[C@H]1OC(C)[C@@H](NC=O)C(O)[C@H]1O[C@H]1OC(C)[C@@H](NC=O)C(O[C@H]2OC(C)[C@@H](NC=O)C(O)[C@H]2O)[C@H]1O. The monoisotopic (exact) mass is 665 g/mol. The fraction of sp³-hybridized carbons (Fsp3) is 0.857. The van der Waals surface area contributed by atoms with Gasteiger partial charge in [0.1, 0.15) is 36.6 Å². The molecule has 264 valence electrons. The van der Waals surface area contributed by atoms with E-state index in [4.69, 9.17) is 28.4 Å². The van der Waals surface area contributed by atoms with E-state index in [2.05, 4.69) is 20.7 Å². The molecule has 0 aromatic heterocycles. The molecule has 3 rings (SSSR count). The highest BCUT2D eigenvalue weighted by Gasteiger charge is 2.53. The van der Waals surface area contributed by atoms with Crippen LogP contribution in [-0.4, -0.2) is 151 Å². The standard InChI is InChI=1S/C28H47N3O15/c1-13-17(29-10-32)20(36)22(38)26(42-13)45-24-19(31-12-34)15(3)43-27(23(24)39)46-25-21(37)18(30-11-33)14(2)44-28(25)41-9-7-5-6-8-16(35)40-4/h10-15,17-28,36-39H,5-9H2,1-4H3,(H,29,32)(H,30,33)(H,31,34)/t13?,14?,15?,17-,18-,19-,20?,21?,22-,23-,24?,25-,26-,27-,28+/m1/s1. The Labute approximate surface area is 266 Å². The van der Waals surface area contributed by atoms with E-state index in [0.29, 0.717) is 38.5 Å². The summed E-state index contributed by atoms with van der Waals surface area (Å²) in [6.07, 6.45) is -12.3. The first-order valence-electron chi connectivity index (χ1n) is 15.3. The molecule has 3 amide bonds. The van der Waals surface area contributed by atoms with E-state index in [9.17, 15) is 39.6 Å². The summed E-state index contributed by atoms with van der Waals surface area (Å²) in [4.78, 5) is 45.0. The molecule has 0 bridgehead atoms. The average Bonchev–Trinajstić information content (AvgIpc) is 3.03. The predicted octanol–water partition coefficient (Wildman–Crippen LogP) is -3.47. The van der Waals surface area contributed by atoms with Crippen LogP contribution in [0.3, 0.4) is 0 Å². The largest absolute Gasteiger partial charge is 0.469 e. The van der Waals surface area contributed by atoms with Crippen LogP contribution in [0.25, 0.3) is 0 Å². The summed E-state index contributed by atoms with van der Waals surface area (Å²) in [5.74, 6) is -0.321. The predicted molar refractivity (Wildman–Crippen MR) is 152 cm³/mol. The molecule has 3 aliphatic rings. The molecule has 3 heterocycles. The zero-order valence-electron chi connectivity index (χ0n) is 26.2. The van der Waals surface area contributed by atoms with E-state index in [1.165, 1.54) is 14.0 Å². The van der Waals surface area contributed by atoms with Crippen molar-refractivity contribution in [2.45, 2.75) is 138 Å². The first kappa shape index (κ1) is 37.9. The lowest BCUT2D eigenvalue weighted by atomic mass is 9.94. The number of carbonyl (C=O) groups excluding carboxylic acids is 4. The van der Waals surface area contributed by atoms with Gasteiger partial charge < -0.3 is 69.5 Å². The molecule has 18 nitrogen and oxygen atoms in total. The van der Waals surface area contributed by atoms with Crippen molar-refractivity contribution in [2.75, 3.05) is 13.7 Å². The summed E-state index contributed by atoms with van der Waals surface area (Å²) < 4.78 is 40.1. The van der Waals surface area contributed by atoms with Gasteiger partial charge >= 0.3 is 5.97 Å². The number of aliphatic hydroxyl groups excluding tert-OH is 4. The minimum atomic E-state index is -1.68. The summed E-state index contributed by atoms with van der Waals surface area (Å²) in [6, 6.07) is -2.85. The second-order valence-corrected chi connectivity index (χ2v) is 11.5. The Hall–Kier alpha value is -2.52. The molecule has 0 spiro atoms. The summed E-state index contributed by atoms with van der Waals surface area (Å²) in [6.45, 7) is 4.89. The van der Waals surface area contributed by atoms with Crippen molar-refractivity contribution in [1.82, 2.24) is 16.0 Å². The van der Waals surface area contributed by atoms with Gasteiger partial charge in [-0.1, -0.05) is 6.42 Å². The van der Waals surface area contributed by atoms with Gasteiger partial charge in [0, 0.05) is 13.0 Å². The van der Waals surface area contributed by atoms with E-state index >= 15 is 0 Å². The number of amides is 3. The molecule has 7 N–H and O–H groups in total. The van der Waals surface area contributed by atoms with Gasteiger partial charge in [0.15, 0.2) is 18.9 Å². The lowest BCUT2D eigenvalue weighted by molar-refractivity contribution is -0.363. The Balaban J connectivity index is 1.76. The van der Waals surface area contributed by atoms with Gasteiger partial charge in [0.25, 0.3) is 0 Å². The maximum absolute atomic E-state index is 11.5. The van der Waals surface area contributed by atoms with Crippen molar-refractivity contribution in [2.24, 2.45) is 0 Å². The summed E-state index contributed by atoms with van der Waals surface area (Å²) in [7, 11) is 1.31. The third-order valence-corrected chi connectivity index (χ3v) is 8.40. The smallest absolute Gasteiger partial charge is 0.305 e. The molecule has 0 radical (unpaired) electrons. The van der Waals surface area contributed by atoms with Crippen LogP contribution in [-0.2, 0) is 52.3 Å². The number of ether oxygens (including phenoxy) is 7. The highest BCUT2D eigenvalue weighted by molar-refractivity contribution is 5.68. The van der Waals surface area contributed by atoms with Crippen molar-refractivity contribution >= 4 is 25.2 Å². The molecule has 0 aliphatic carbocycles. The Morgan fingerprint density at radius 1 is 0.652 bits per heavy atom. The molecule has 3 aliphatic heterocycles. The highest BCUT2D eigenvalue weighted by Crippen LogP contribution is 2.32. The normalized spacial score (nSPS) is 41.2. The molecule has 3 saturated heterocycles. The van der Waals surface area contributed by atoms with Crippen LogP contribution in [0.15, 0.2) is 0 Å². The number of hydrogen-bond acceptors (Lipinski definition) is 15. The van der Waals surface area contributed by atoms with Crippen LogP contribution in [0.2, 0.25) is 0 Å². The molecule has 18 heteroatoms. The number of methoxy groups -OCH3 is 1. The number of aliphatic hydroxyl groups is 4. The third-order valence-electron chi connectivity index (χ3n) is 8.40. The molecule has 0 saturated carbocycles. The quantitative estimate of drug-likeness (QED) is 0.0453. The van der Waals surface area contributed by atoms with Gasteiger partial charge in [-0.05, 0) is 33.6 Å². The van der Waals surface area contributed by atoms with Crippen molar-refractivity contribution in [3.8, 4) is 0 Å². The highest BCUT2D eigenvalue weighted by atomic mass is 16.8. The van der Waals surface area contributed by atoms with Gasteiger partial charge in [0.2, 0.25) is 19.2 Å². The average molecular weight is 666 g/mol. The van der Waals surface area contributed by atoms with Crippen LogP contribution >= 0.6 is 0 Å². The van der Waals surface area contributed by atoms with E-state index < -0.39 is 91.9 Å². The van der Waals surface area contributed by atoms with Crippen LogP contribution in [0, 0.1) is 0 Å². The lowest BCUT2D eigenvalue weighted by Gasteiger charge is -2.49. The van der Waals surface area contributed by atoms with Gasteiger partial charge in [-0.2, -0.15) is 0 Å². The number of esters is 1. The van der Waals surface area contributed by atoms with Crippen LogP contribution in [0.5, 0.6) is 0 Å². The Kier molecular flexibility index (Phi) is 15.0. The second kappa shape index (κ2) is 18.1. The Bertz CT molecular complexity index is 980. The molecule has 0 aromatic rings. The minimum absolute atomic E-state index is 0.163. The fourth-order valence-electron chi connectivity index (χ4n) is 5.82. The van der Waals surface area contributed by atoms with Gasteiger partial charge in [-0.25, -0.2) is 0 Å². The Morgan fingerprint density at radius 3 is 1.74 bits per heavy atom. The van der Waals surface area contributed by atoms with Crippen molar-refractivity contribution in [1.29, 1.82) is 0 Å². The number of rotatable bonds is 17. The second-order valence-electron chi connectivity index (χ2n) is 11.5. The number of carbonyl (C=O) groups is 4. The topological polar surface area (TPSA) is 250 Å². The van der Waals surface area contributed by atoms with Crippen LogP contribution < -0.4 is 16.0 Å². The van der Waals surface area contributed by atoms with E-state index in [0.717, 1.165) is 0 Å². The number of hydrogen-bond donors (Lipinski definition) is 7. The molecule has 0 aromatic carbocycles. The van der Waals surface area contributed by atoms with Crippen LogP contribution in [0.1, 0.15) is 46.5 Å². The summed E-state index contributed by atoms with van der Waals surface area (Å²) >= 11 is 0. The maximum atomic E-state index is 11.5. The molecular weight excluding hydrogens is 618 g/mol. The van der Waals surface area contributed by atoms with E-state index in [-0.39, 0.29) is 19.0 Å². The lowest BCUT2D eigenvalue weighted by Crippen LogP contribution is -2.69. The van der Waals surface area contributed by atoms with Crippen LogP contribution in [0.4, 0.5) is 0 Å². The molecule has 6 unspecified atom stereocenters. The van der Waals surface area contributed by atoms with Crippen molar-refractivity contribution in [3.05, 3.63) is 0 Å². The zero-order chi connectivity index (χ0) is 34.0. The minimum Gasteiger partial charge on any atom is -0.469 e. The molecular formula is C28H47N3O15. The van der Waals surface area contributed by atoms with Gasteiger partial charge in [0.05, 0.1) is 43.5 Å². The van der Waals surface area contributed by atoms with Crippen molar-refractivity contribution in [3.63, 3.8) is 0 Å². The maximum Gasteiger partial charge on any atom is 0.305 e. The summed E-state index contributed by atoms with van der Waals surface area (Å²) in [5, 5.41) is 51.4. The number of nitrogens with one attached hydrogen (secondary N) is 3. The zero-order valence-corrected chi connectivity index (χ0v) is 26.2. The first-order chi connectivity index (χ1) is 22.0. The third kappa shape index (κ3) is 9.30. The Morgan fingerprint density at radius 2 is 1.15 bits per heavy atom. The molecule has 3 fully saturated rings. The fourth-order valence-corrected chi connectivity index (χ4v) is 5.82. The van der Waals surface area contributed by atoms with E-state index in [1.807, 2.05) is 0 Å². The van der Waals surface area contributed by atoms with E-state index in [1.54, 1.807) is 13.8 Å². The number of unbranched alkanes of at least 4 members (excludes halogenated alkanes) is 2. The summed E-state index contributed by atoms with van der Waals surface area (Å²) in [5.41, 5.74) is 0. The van der Waals surface area contributed by atoms with Crippen molar-refractivity contribution < 1.29 is 72.8 Å². The molecule has 46 heavy (non-hydrogen) atoms. The van der Waals surface area contributed by atoms with Gasteiger partial charge in [-0.15, -0.1) is 0 Å². The van der Waals surface area contributed by atoms with Gasteiger partial charge in [-0.3, -0.25) is 19.2 Å².